The van der Waals surface area contributed by atoms with Gasteiger partial charge in [0.1, 0.15) is 5.75 Å². The Hall–Kier alpha value is -1.58. The first-order valence-electron chi connectivity index (χ1n) is 6.73. The summed E-state index contributed by atoms with van der Waals surface area (Å²) in [6, 6.07) is 9.98. The van der Waals surface area contributed by atoms with E-state index in [9.17, 15) is 0 Å². The molecular formula is C16H19ClN2O. The van der Waals surface area contributed by atoms with E-state index in [1.165, 1.54) is 0 Å². The highest BCUT2D eigenvalue weighted by molar-refractivity contribution is 6.32. The van der Waals surface area contributed by atoms with Crippen LogP contribution >= 0.6 is 11.6 Å². The summed E-state index contributed by atoms with van der Waals surface area (Å²) in [5.74, 6) is 0.691. The normalized spacial score (nSPS) is 12.2. The number of ether oxygens (including phenoxy) is 1. The lowest BCUT2D eigenvalue weighted by atomic mass is 10.00. The SMILES string of the molecule is CCCNC(c1cccnc1)c1ccc(OC)c(Cl)c1. The Bertz CT molecular complexity index is 545. The summed E-state index contributed by atoms with van der Waals surface area (Å²) in [5, 5.41) is 4.15. The number of halogens is 1. The van der Waals surface area contributed by atoms with Crippen LogP contribution in [0.2, 0.25) is 5.02 Å². The quantitative estimate of drug-likeness (QED) is 0.878. The molecule has 20 heavy (non-hydrogen) atoms. The van der Waals surface area contributed by atoms with E-state index >= 15 is 0 Å². The third-order valence-electron chi connectivity index (χ3n) is 3.13. The van der Waals surface area contributed by atoms with Crippen LogP contribution in [0.3, 0.4) is 0 Å². The van der Waals surface area contributed by atoms with Crippen LogP contribution in [0.15, 0.2) is 42.7 Å². The molecule has 0 aliphatic carbocycles. The fraction of sp³-hybridized carbons (Fsp3) is 0.312. The second kappa shape index (κ2) is 7.27. The van der Waals surface area contributed by atoms with E-state index in [0.29, 0.717) is 10.8 Å². The number of hydrogen-bond donors (Lipinski definition) is 1. The zero-order valence-electron chi connectivity index (χ0n) is 11.8. The van der Waals surface area contributed by atoms with Crippen LogP contribution in [0.25, 0.3) is 0 Å². The molecule has 0 saturated carbocycles. The summed E-state index contributed by atoms with van der Waals surface area (Å²) in [7, 11) is 1.62. The summed E-state index contributed by atoms with van der Waals surface area (Å²) in [6.45, 7) is 3.08. The van der Waals surface area contributed by atoms with Crippen molar-refractivity contribution in [3.8, 4) is 5.75 Å². The first-order chi connectivity index (χ1) is 9.76. The minimum Gasteiger partial charge on any atom is -0.495 e. The molecule has 0 spiro atoms. The molecule has 2 aromatic rings. The number of nitrogens with zero attached hydrogens (tertiary/aromatic N) is 1. The van der Waals surface area contributed by atoms with E-state index in [2.05, 4.69) is 23.3 Å². The van der Waals surface area contributed by atoms with Crippen molar-refractivity contribution in [2.75, 3.05) is 13.7 Å². The predicted octanol–water partition coefficient (Wildman–Crippen LogP) is 3.83. The highest BCUT2D eigenvalue weighted by Crippen LogP contribution is 2.30. The van der Waals surface area contributed by atoms with Gasteiger partial charge in [-0.3, -0.25) is 4.98 Å². The lowest BCUT2D eigenvalue weighted by Crippen LogP contribution is -2.23. The van der Waals surface area contributed by atoms with Crippen LogP contribution in [-0.2, 0) is 0 Å². The molecule has 4 heteroatoms. The lowest BCUT2D eigenvalue weighted by molar-refractivity contribution is 0.414. The molecule has 0 radical (unpaired) electrons. The highest BCUT2D eigenvalue weighted by Gasteiger charge is 2.15. The van der Waals surface area contributed by atoms with Gasteiger partial charge in [-0.05, 0) is 42.3 Å². The lowest BCUT2D eigenvalue weighted by Gasteiger charge is -2.20. The van der Waals surface area contributed by atoms with Gasteiger partial charge in [0.25, 0.3) is 0 Å². The maximum Gasteiger partial charge on any atom is 0.137 e. The molecule has 0 bridgehead atoms. The molecule has 1 N–H and O–H groups in total. The van der Waals surface area contributed by atoms with Gasteiger partial charge in [-0.2, -0.15) is 0 Å². The summed E-state index contributed by atoms with van der Waals surface area (Å²) >= 11 is 6.23. The topological polar surface area (TPSA) is 34.2 Å². The molecule has 0 aliphatic heterocycles. The highest BCUT2D eigenvalue weighted by atomic mass is 35.5. The molecule has 3 nitrogen and oxygen atoms in total. The Morgan fingerprint density at radius 3 is 2.75 bits per heavy atom. The molecule has 106 valence electrons. The molecular weight excluding hydrogens is 272 g/mol. The van der Waals surface area contributed by atoms with Gasteiger partial charge < -0.3 is 10.1 Å². The molecule has 2 rings (SSSR count). The van der Waals surface area contributed by atoms with E-state index in [4.69, 9.17) is 16.3 Å². The Morgan fingerprint density at radius 1 is 1.30 bits per heavy atom. The first kappa shape index (κ1) is 14.8. The second-order valence-electron chi connectivity index (χ2n) is 4.57. The molecule has 1 atom stereocenters. The van der Waals surface area contributed by atoms with Crippen LogP contribution < -0.4 is 10.1 Å². The molecule has 1 unspecified atom stereocenters. The van der Waals surface area contributed by atoms with Crippen molar-refractivity contribution in [3.63, 3.8) is 0 Å². The van der Waals surface area contributed by atoms with Gasteiger partial charge in [0.2, 0.25) is 0 Å². The van der Waals surface area contributed by atoms with Crippen LogP contribution in [0.1, 0.15) is 30.5 Å². The number of rotatable bonds is 6. The Kier molecular flexibility index (Phi) is 5.39. The van der Waals surface area contributed by atoms with Crippen LogP contribution in [0.4, 0.5) is 0 Å². The van der Waals surface area contributed by atoms with Crippen LogP contribution in [0, 0.1) is 0 Å². The Balaban J connectivity index is 2.33. The minimum atomic E-state index is 0.0899. The average Bonchev–Trinajstić information content (AvgIpc) is 2.49. The number of nitrogens with one attached hydrogen (secondary N) is 1. The smallest absolute Gasteiger partial charge is 0.137 e. The molecule has 0 aliphatic rings. The van der Waals surface area contributed by atoms with E-state index in [-0.39, 0.29) is 6.04 Å². The monoisotopic (exact) mass is 290 g/mol. The van der Waals surface area contributed by atoms with Gasteiger partial charge >= 0.3 is 0 Å². The molecule has 1 aromatic heterocycles. The number of aromatic nitrogens is 1. The summed E-state index contributed by atoms with van der Waals surface area (Å²) in [4.78, 5) is 4.20. The third kappa shape index (κ3) is 3.50. The average molecular weight is 291 g/mol. The fourth-order valence-electron chi connectivity index (χ4n) is 2.13. The fourth-order valence-corrected chi connectivity index (χ4v) is 2.39. The van der Waals surface area contributed by atoms with Gasteiger partial charge in [-0.25, -0.2) is 0 Å². The molecule has 1 aromatic carbocycles. The third-order valence-corrected chi connectivity index (χ3v) is 3.42. The largest absolute Gasteiger partial charge is 0.495 e. The van der Waals surface area contributed by atoms with E-state index in [1.807, 2.05) is 30.5 Å². The number of pyridine rings is 1. The zero-order chi connectivity index (χ0) is 14.4. The number of methoxy groups -OCH3 is 1. The molecule has 0 amide bonds. The minimum absolute atomic E-state index is 0.0899. The van der Waals surface area contributed by atoms with Crippen LogP contribution in [-0.4, -0.2) is 18.6 Å². The van der Waals surface area contributed by atoms with Crippen molar-refractivity contribution < 1.29 is 4.74 Å². The van der Waals surface area contributed by atoms with Crippen LogP contribution in [0.5, 0.6) is 5.75 Å². The zero-order valence-corrected chi connectivity index (χ0v) is 12.5. The van der Waals surface area contributed by atoms with Crippen molar-refractivity contribution in [1.82, 2.24) is 10.3 Å². The van der Waals surface area contributed by atoms with Gasteiger partial charge in [0.05, 0.1) is 18.2 Å². The standard InChI is InChI=1S/C16H19ClN2O/c1-3-8-19-16(13-5-4-9-18-11-13)12-6-7-15(20-2)14(17)10-12/h4-7,9-11,16,19H,3,8H2,1-2H3. The summed E-state index contributed by atoms with van der Waals surface area (Å²) in [6.07, 6.45) is 4.73. The molecule has 0 fully saturated rings. The second-order valence-corrected chi connectivity index (χ2v) is 4.97. The van der Waals surface area contributed by atoms with Crippen molar-refractivity contribution in [2.45, 2.75) is 19.4 Å². The maximum absolute atomic E-state index is 6.23. The summed E-state index contributed by atoms with van der Waals surface area (Å²) < 4.78 is 5.20. The predicted molar refractivity (Wildman–Crippen MR) is 82.4 cm³/mol. The van der Waals surface area contributed by atoms with Gasteiger partial charge in [-0.15, -0.1) is 0 Å². The Labute approximate surface area is 124 Å². The molecule has 1 heterocycles. The van der Waals surface area contributed by atoms with Gasteiger partial charge in [0.15, 0.2) is 0 Å². The summed E-state index contributed by atoms with van der Waals surface area (Å²) in [5.41, 5.74) is 2.24. The first-order valence-corrected chi connectivity index (χ1v) is 7.10. The maximum atomic E-state index is 6.23. The van der Waals surface area contributed by atoms with E-state index in [1.54, 1.807) is 13.3 Å². The molecule has 0 saturated heterocycles. The van der Waals surface area contributed by atoms with Crippen molar-refractivity contribution in [1.29, 1.82) is 0 Å². The van der Waals surface area contributed by atoms with E-state index < -0.39 is 0 Å². The van der Waals surface area contributed by atoms with Crippen molar-refractivity contribution in [3.05, 3.63) is 58.9 Å². The number of benzene rings is 1. The van der Waals surface area contributed by atoms with Crippen molar-refractivity contribution in [2.24, 2.45) is 0 Å². The van der Waals surface area contributed by atoms with E-state index in [0.717, 1.165) is 24.1 Å². The Morgan fingerprint density at radius 2 is 2.15 bits per heavy atom. The van der Waals surface area contributed by atoms with Gasteiger partial charge in [-0.1, -0.05) is 30.7 Å². The van der Waals surface area contributed by atoms with Gasteiger partial charge in [0, 0.05) is 12.4 Å². The van der Waals surface area contributed by atoms with Crippen molar-refractivity contribution >= 4 is 11.6 Å². The number of hydrogen-bond acceptors (Lipinski definition) is 3.